The molecule has 4 aliphatic rings. The van der Waals surface area contributed by atoms with Crippen molar-refractivity contribution in [2.24, 2.45) is 0 Å². The van der Waals surface area contributed by atoms with Gasteiger partial charge in [-0.25, -0.2) is 0 Å². The Morgan fingerprint density at radius 1 is 0.565 bits per heavy atom. The fraction of sp³-hybridized carbons (Fsp3) is 0.455. The van der Waals surface area contributed by atoms with E-state index in [1.165, 1.54) is 64.2 Å². The fourth-order valence-corrected chi connectivity index (χ4v) is 4.30. The van der Waals surface area contributed by atoms with Crippen LogP contribution in [0.1, 0.15) is 64.2 Å². The molecular weight excluding hydrogens is 355 g/mol. The quantitative estimate of drug-likeness (QED) is 0.515. The van der Waals surface area contributed by atoms with Gasteiger partial charge in [0.1, 0.15) is 0 Å². The number of fused-ring (bicyclic) bond motifs is 2. The van der Waals surface area contributed by atoms with E-state index in [1.807, 2.05) is 0 Å². The predicted octanol–water partition coefficient (Wildman–Crippen LogP) is 6.10. The molecular formula is C22H30Zr+2. The summed E-state index contributed by atoms with van der Waals surface area (Å²) < 4.78 is 0. The van der Waals surface area contributed by atoms with Crippen LogP contribution >= 0.6 is 0 Å². The zero-order chi connectivity index (χ0) is 13.4. The molecule has 4 saturated carbocycles. The summed E-state index contributed by atoms with van der Waals surface area (Å²) in [6.07, 6.45) is 23.0. The molecule has 0 unspecified atom stereocenters. The van der Waals surface area contributed by atoms with Crippen molar-refractivity contribution in [1.29, 1.82) is 0 Å². The number of hydrogen-bond acceptors (Lipinski definition) is 0. The maximum Gasteiger partial charge on any atom is 4.00 e. The summed E-state index contributed by atoms with van der Waals surface area (Å²) in [5.74, 6) is 10.00. The summed E-state index contributed by atoms with van der Waals surface area (Å²) >= 11 is 0. The van der Waals surface area contributed by atoms with Crippen LogP contribution in [-0.2, 0) is 26.2 Å². The van der Waals surface area contributed by atoms with E-state index in [0.29, 0.717) is 0 Å². The number of hydrogen-bond donors (Lipinski definition) is 0. The summed E-state index contributed by atoms with van der Waals surface area (Å²) in [7, 11) is 0. The molecule has 4 rings (SSSR count). The molecule has 0 amide bonds. The molecule has 4 fully saturated rings. The van der Waals surface area contributed by atoms with Crippen LogP contribution in [0.2, 0.25) is 0 Å². The summed E-state index contributed by atoms with van der Waals surface area (Å²) in [6.45, 7) is 0. The zero-order valence-electron chi connectivity index (χ0n) is 14.9. The molecule has 0 aromatic rings. The average molecular weight is 386 g/mol. The maximum atomic E-state index is 2.41. The van der Waals surface area contributed by atoms with Gasteiger partial charge in [0.05, 0.1) is 0 Å². The Morgan fingerprint density at radius 2 is 0.957 bits per heavy atom. The third-order valence-electron chi connectivity index (χ3n) is 5.43. The average Bonchev–Trinajstić information content (AvgIpc) is 3.09. The van der Waals surface area contributed by atoms with E-state index in [1.54, 1.807) is 35.5 Å². The van der Waals surface area contributed by atoms with Crippen molar-refractivity contribution in [3.05, 3.63) is 76.0 Å². The van der Waals surface area contributed by atoms with Gasteiger partial charge >= 0.3 is 26.2 Å². The van der Waals surface area contributed by atoms with Crippen molar-refractivity contribution in [2.75, 3.05) is 0 Å². The minimum absolute atomic E-state index is 0. The zero-order valence-corrected chi connectivity index (χ0v) is 17.3. The molecule has 10 radical (unpaired) electrons. The SMILES string of the molecule is [CH3-].[CH3-].[CH]1[CH][C](CC[C]2[CH][CH][C]3CCCC[C]32)[C]2CCCC[C]12.[Zr+4]. The first-order valence-corrected chi connectivity index (χ1v) is 8.44. The number of rotatable bonds is 3. The van der Waals surface area contributed by atoms with Gasteiger partial charge in [-0.15, -0.1) is 0 Å². The molecule has 0 bridgehead atoms. The van der Waals surface area contributed by atoms with Gasteiger partial charge in [0.15, 0.2) is 0 Å². The molecule has 0 saturated heterocycles. The maximum absolute atomic E-state index is 2.41. The van der Waals surface area contributed by atoms with Crippen LogP contribution < -0.4 is 0 Å². The topological polar surface area (TPSA) is 0 Å². The first kappa shape index (κ1) is 21.9. The molecule has 23 heavy (non-hydrogen) atoms. The molecule has 120 valence electrons. The summed E-state index contributed by atoms with van der Waals surface area (Å²) in [4.78, 5) is 0. The van der Waals surface area contributed by atoms with Crippen LogP contribution in [0.25, 0.3) is 0 Å². The summed E-state index contributed by atoms with van der Waals surface area (Å²) in [5, 5.41) is 0. The Bertz CT molecular complexity index is 294. The van der Waals surface area contributed by atoms with Crippen molar-refractivity contribution in [2.45, 2.75) is 64.2 Å². The molecule has 0 spiro atoms. The second-order valence-electron chi connectivity index (χ2n) is 6.64. The van der Waals surface area contributed by atoms with Crippen molar-refractivity contribution >= 4 is 0 Å². The van der Waals surface area contributed by atoms with E-state index in [9.17, 15) is 0 Å². The van der Waals surface area contributed by atoms with Crippen molar-refractivity contribution in [3.63, 3.8) is 0 Å². The van der Waals surface area contributed by atoms with E-state index in [-0.39, 0.29) is 41.1 Å². The minimum atomic E-state index is 0. The van der Waals surface area contributed by atoms with Gasteiger partial charge < -0.3 is 14.9 Å². The molecule has 0 aliphatic heterocycles. The van der Waals surface area contributed by atoms with Crippen LogP contribution in [0, 0.1) is 76.0 Å². The van der Waals surface area contributed by atoms with Crippen LogP contribution in [0.3, 0.4) is 0 Å². The second kappa shape index (κ2) is 10.1. The van der Waals surface area contributed by atoms with Gasteiger partial charge in [-0.2, -0.15) is 0 Å². The Morgan fingerprint density at radius 3 is 1.39 bits per heavy atom. The van der Waals surface area contributed by atoms with Gasteiger partial charge in [0.25, 0.3) is 0 Å². The van der Waals surface area contributed by atoms with Gasteiger partial charge in [-0.1, -0.05) is 25.7 Å². The van der Waals surface area contributed by atoms with Crippen LogP contribution in [0.4, 0.5) is 0 Å². The van der Waals surface area contributed by atoms with Gasteiger partial charge in [-0.3, -0.25) is 0 Å². The van der Waals surface area contributed by atoms with E-state index in [2.05, 4.69) is 25.7 Å². The van der Waals surface area contributed by atoms with Crippen molar-refractivity contribution in [1.82, 2.24) is 0 Å². The molecule has 0 N–H and O–H groups in total. The van der Waals surface area contributed by atoms with E-state index in [4.69, 9.17) is 0 Å². The van der Waals surface area contributed by atoms with Gasteiger partial charge in [0, 0.05) is 0 Å². The Hall–Kier alpha value is 0.883. The first-order valence-electron chi connectivity index (χ1n) is 8.44. The molecule has 4 aliphatic carbocycles. The second-order valence-corrected chi connectivity index (χ2v) is 6.64. The normalized spacial score (nSPS) is 27.7. The Kier molecular flexibility index (Phi) is 9.66. The molecule has 1 heteroatoms. The molecule has 0 aromatic heterocycles. The minimum Gasteiger partial charge on any atom is -0.358 e. The third kappa shape index (κ3) is 4.74. The van der Waals surface area contributed by atoms with Gasteiger partial charge in [-0.05, 0) is 99.7 Å². The van der Waals surface area contributed by atoms with Crippen LogP contribution in [0.15, 0.2) is 0 Å². The van der Waals surface area contributed by atoms with Crippen molar-refractivity contribution < 1.29 is 26.2 Å². The molecule has 0 nitrogen and oxygen atoms in total. The molecule has 0 aromatic carbocycles. The summed E-state index contributed by atoms with van der Waals surface area (Å²) in [5.41, 5.74) is 0. The van der Waals surface area contributed by atoms with Gasteiger partial charge in [0.2, 0.25) is 0 Å². The summed E-state index contributed by atoms with van der Waals surface area (Å²) in [6, 6.07) is 0. The van der Waals surface area contributed by atoms with E-state index < -0.39 is 0 Å². The Balaban J connectivity index is 0.000000882. The fourth-order valence-electron chi connectivity index (χ4n) is 4.30. The monoisotopic (exact) mass is 384 g/mol. The largest absolute Gasteiger partial charge is 4.00 e. The smallest absolute Gasteiger partial charge is 0.358 e. The van der Waals surface area contributed by atoms with Crippen molar-refractivity contribution in [3.8, 4) is 0 Å². The third-order valence-corrected chi connectivity index (χ3v) is 5.43. The standard InChI is InChI=1S/C20H24.2CH3.Zr/c1-3-7-19-15(5-1)9-11-17(19)13-14-18-12-10-16-6-2-4-8-20(16)18;;;/h9-12H,1-8,13-14H2;2*1H3;/q;2*-1;+4. The predicted molar refractivity (Wildman–Crippen MR) is 95.7 cm³/mol. The Labute approximate surface area is 166 Å². The van der Waals surface area contributed by atoms with E-state index in [0.717, 1.165) is 0 Å². The van der Waals surface area contributed by atoms with Crippen LogP contribution in [0.5, 0.6) is 0 Å². The van der Waals surface area contributed by atoms with E-state index >= 15 is 0 Å². The van der Waals surface area contributed by atoms with Crippen LogP contribution in [-0.4, -0.2) is 0 Å². The molecule has 0 heterocycles. The first-order chi connectivity index (χ1) is 9.92. The molecule has 0 atom stereocenters.